The van der Waals surface area contributed by atoms with Crippen molar-refractivity contribution < 1.29 is 14.2 Å². The summed E-state index contributed by atoms with van der Waals surface area (Å²) in [4.78, 5) is 2.16. The Morgan fingerprint density at radius 3 is 2.72 bits per heavy atom. The fourth-order valence-electron chi connectivity index (χ4n) is 2.47. The molecule has 0 aliphatic heterocycles. The van der Waals surface area contributed by atoms with Crippen LogP contribution >= 0.6 is 0 Å². The molecule has 0 saturated heterocycles. The van der Waals surface area contributed by atoms with Crippen LogP contribution < -0.4 is 4.74 Å². The van der Waals surface area contributed by atoms with Gasteiger partial charge in [0.1, 0.15) is 0 Å². The smallest absolute Gasteiger partial charge is 0.165 e. The molecule has 0 aromatic heterocycles. The van der Waals surface area contributed by atoms with Gasteiger partial charge in [0.15, 0.2) is 11.6 Å². The fourth-order valence-corrected chi connectivity index (χ4v) is 2.47. The summed E-state index contributed by atoms with van der Waals surface area (Å²) in [5, 5.41) is 9.23. The van der Waals surface area contributed by atoms with Gasteiger partial charge in [-0.15, -0.1) is 0 Å². The van der Waals surface area contributed by atoms with E-state index < -0.39 is 0 Å². The van der Waals surface area contributed by atoms with Gasteiger partial charge >= 0.3 is 0 Å². The highest BCUT2D eigenvalue weighted by molar-refractivity contribution is 5.29. The van der Waals surface area contributed by atoms with Gasteiger partial charge in [0.25, 0.3) is 0 Å². The Hall–Kier alpha value is -1.13. The van der Waals surface area contributed by atoms with Gasteiger partial charge in [-0.25, -0.2) is 4.39 Å². The van der Waals surface area contributed by atoms with Crippen molar-refractivity contribution in [1.82, 2.24) is 4.90 Å². The number of halogens is 1. The summed E-state index contributed by atoms with van der Waals surface area (Å²) in [6, 6.07) is 5.06. The quantitative estimate of drug-likeness (QED) is 0.871. The van der Waals surface area contributed by atoms with E-state index in [4.69, 9.17) is 4.74 Å². The van der Waals surface area contributed by atoms with E-state index in [1.165, 1.54) is 13.2 Å². The summed E-state index contributed by atoms with van der Waals surface area (Å²) in [5.74, 6) is 0.541. The number of benzene rings is 1. The van der Waals surface area contributed by atoms with Crippen LogP contribution in [0.2, 0.25) is 0 Å². The molecule has 0 heterocycles. The maximum Gasteiger partial charge on any atom is 0.165 e. The zero-order valence-corrected chi connectivity index (χ0v) is 10.9. The lowest BCUT2D eigenvalue weighted by atomic mass is 9.82. The lowest BCUT2D eigenvalue weighted by Crippen LogP contribution is -2.36. The molecule has 0 bridgehead atoms. The summed E-state index contributed by atoms with van der Waals surface area (Å²) in [5.41, 5.74) is 0.940. The largest absolute Gasteiger partial charge is 0.494 e. The van der Waals surface area contributed by atoms with Crippen LogP contribution in [0.25, 0.3) is 0 Å². The van der Waals surface area contributed by atoms with Gasteiger partial charge in [0.05, 0.1) is 13.2 Å². The number of aliphatic hydroxyl groups is 1. The Bertz CT molecular complexity index is 405. The number of methoxy groups -OCH3 is 1. The lowest BCUT2D eigenvalue weighted by molar-refractivity contribution is 0.0274. The van der Waals surface area contributed by atoms with E-state index in [1.807, 2.05) is 13.1 Å². The summed E-state index contributed by atoms with van der Waals surface area (Å²) in [6.07, 6.45) is 1.67. The molecule has 2 rings (SSSR count). The van der Waals surface area contributed by atoms with Crippen molar-refractivity contribution in [2.75, 3.05) is 20.7 Å². The first kappa shape index (κ1) is 13.3. The van der Waals surface area contributed by atoms with Crippen LogP contribution in [0.1, 0.15) is 18.4 Å². The highest BCUT2D eigenvalue weighted by atomic mass is 19.1. The summed E-state index contributed by atoms with van der Waals surface area (Å²) >= 11 is 0. The molecule has 0 unspecified atom stereocenters. The van der Waals surface area contributed by atoms with Crippen LogP contribution in [0.3, 0.4) is 0 Å². The summed E-state index contributed by atoms with van der Waals surface area (Å²) in [7, 11) is 3.49. The van der Waals surface area contributed by atoms with Gasteiger partial charge in [-0.05, 0) is 43.5 Å². The van der Waals surface area contributed by atoms with E-state index in [-0.39, 0.29) is 17.7 Å². The standard InChI is InChI=1S/C14H20FNO2/c1-16(9-11-5-12(17)6-11)8-10-3-4-14(18-2)13(15)7-10/h3-4,7,11-12,17H,5-6,8-9H2,1-2H3. The van der Waals surface area contributed by atoms with Crippen molar-refractivity contribution in [2.24, 2.45) is 5.92 Å². The third kappa shape index (κ3) is 3.21. The van der Waals surface area contributed by atoms with E-state index in [9.17, 15) is 9.50 Å². The predicted molar refractivity (Wildman–Crippen MR) is 68.0 cm³/mol. The molecule has 1 N–H and O–H groups in total. The van der Waals surface area contributed by atoms with Crippen LogP contribution in [-0.4, -0.2) is 36.8 Å². The van der Waals surface area contributed by atoms with Gasteiger partial charge in [0, 0.05) is 13.1 Å². The minimum atomic E-state index is -0.317. The topological polar surface area (TPSA) is 32.7 Å². The number of rotatable bonds is 5. The first-order chi connectivity index (χ1) is 8.58. The van der Waals surface area contributed by atoms with E-state index >= 15 is 0 Å². The predicted octanol–water partition coefficient (Wildman–Crippen LogP) is 2.04. The van der Waals surface area contributed by atoms with Crippen LogP contribution in [0.4, 0.5) is 4.39 Å². The average Bonchev–Trinajstić information content (AvgIpc) is 2.27. The van der Waals surface area contributed by atoms with Gasteiger partial charge in [-0.3, -0.25) is 0 Å². The van der Waals surface area contributed by atoms with Crippen LogP contribution in [-0.2, 0) is 6.54 Å². The Morgan fingerprint density at radius 2 is 2.17 bits per heavy atom. The molecule has 100 valence electrons. The monoisotopic (exact) mass is 253 g/mol. The second-order valence-electron chi connectivity index (χ2n) is 5.16. The van der Waals surface area contributed by atoms with E-state index in [1.54, 1.807) is 6.07 Å². The number of nitrogens with zero attached hydrogens (tertiary/aromatic N) is 1. The lowest BCUT2D eigenvalue weighted by Gasteiger charge is -2.34. The molecule has 1 aliphatic carbocycles. The maximum atomic E-state index is 13.5. The highest BCUT2D eigenvalue weighted by Crippen LogP contribution is 2.28. The fraction of sp³-hybridized carbons (Fsp3) is 0.571. The van der Waals surface area contributed by atoms with Gasteiger partial charge < -0.3 is 14.7 Å². The second-order valence-corrected chi connectivity index (χ2v) is 5.16. The zero-order chi connectivity index (χ0) is 13.1. The molecule has 1 aromatic carbocycles. The minimum Gasteiger partial charge on any atom is -0.494 e. The molecule has 1 aromatic rings. The average molecular weight is 253 g/mol. The summed E-state index contributed by atoms with van der Waals surface area (Å²) in [6.45, 7) is 1.66. The van der Waals surface area contributed by atoms with Gasteiger partial charge in [-0.1, -0.05) is 6.07 Å². The van der Waals surface area contributed by atoms with E-state index in [0.29, 0.717) is 12.5 Å². The molecule has 0 radical (unpaired) electrons. The molecule has 1 fully saturated rings. The molecular weight excluding hydrogens is 233 g/mol. The molecule has 1 aliphatic rings. The number of hydrogen-bond acceptors (Lipinski definition) is 3. The number of aliphatic hydroxyl groups excluding tert-OH is 1. The van der Waals surface area contributed by atoms with Crippen molar-refractivity contribution in [3.8, 4) is 5.75 Å². The summed E-state index contributed by atoms with van der Waals surface area (Å²) < 4.78 is 18.4. The molecule has 0 amide bonds. The molecule has 1 saturated carbocycles. The molecule has 3 nitrogen and oxygen atoms in total. The minimum absolute atomic E-state index is 0.109. The first-order valence-electron chi connectivity index (χ1n) is 6.27. The van der Waals surface area contributed by atoms with Crippen molar-refractivity contribution in [3.63, 3.8) is 0 Å². The van der Waals surface area contributed by atoms with Crippen LogP contribution in [0.15, 0.2) is 18.2 Å². The molecule has 18 heavy (non-hydrogen) atoms. The Balaban J connectivity index is 1.86. The van der Waals surface area contributed by atoms with Crippen molar-refractivity contribution in [2.45, 2.75) is 25.5 Å². The van der Waals surface area contributed by atoms with Crippen molar-refractivity contribution >= 4 is 0 Å². The number of hydrogen-bond donors (Lipinski definition) is 1. The highest BCUT2D eigenvalue weighted by Gasteiger charge is 2.27. The van der Waals surface area contributed by atoms with Gasteiger partial charge in [0.2, 0.25) is 0 Å². The number of ether oxygens (including phenoxy) is 1. The van der Waals surface area contributed by atoms with Crippen molar-refractivity contribution in [3.05, 3.63) is 29.6 Å². The molecule has 0 atom stereocenters. The maximum absolute atomic E-state index is 13.5. The zero-order valence-electron chi connectivity index (χ0n) is 10.9. The third-order valence-electron chi connectivity index (χ3n) is 3.45. The Labute approximate surface area is 107 Å². The molecule has 0 spiro atoms. The van der Waals surface area contributed by atoms with Gasteiger partial charge in [-0.2, -0.15) is 0 Å². The SMILES string of the molecule is COc1ccc(CN(C)CC2CC(O)C2)cc1F. The first-order valence-corrected chi connectivity index (χ1v) is 6.27. The van der Waals surface area contributed by atoms with E-state index in [0.717, 1.165) is 24.9 Å². The van der Waals surface area contributed by atoms with E-state index in [2.05, 4.69) is 4.90 Å². The van der Waals surface area contributed by atoms with Crippen LogP contribution in [0, 0.1) is 11.7 Å². The molecular formula is C14H20FNO2. The normalized spacial score (nSPS) is 22.9. The Kier molecular flexibility index (Phi) is 4.19. The van der Waals surface area contributed by atoms with Crippen molar-refractivity contribution in [1.29, 1.82) is 0 Å². The Morgan fingerprint density at radius 1 is 1.44 bits per heavy atom. The molecule has 4 heteroatoms. The second kappa shape index (κ2) is 5.67. The van der Waals surface area contributed by atoms with Crippen LogP contribution in [0.5, 0.6) is 5.75 Å². The third-order valence-corrected chi connectivity index (χ3v) is 3.45.